The van der Waals surface area contributed by atoms with E-state index in [4.69, 9.17) is 4.74 Å². The summed E-state index contributed by atoms with van der Waals surface area (Å²) in [5.41, 5.74) is 0. The van der Waals surface area contributed by atoms with Crippen molar-refractivity contribution in [3.05, 3.63) is 0 Å². The molecule has 4 heteroatoms. The van der Waals surface area contributed by atoms with Crippen LogP contribution < -0.4 is 10.6 Å². The average Bonchev–Trinajstić information content (AvgIpc) is 2.26. The van der Waals surface area contributed by atoms with Crippen molar-refractivity contribution in [2.24, 2.45) is 5.92 Å². The number of hydrogen-bond donors (Lipinski definition) is 2. The Morgan fingerprint density at radius 2 is 2.31 bits per heavy atom. The van der Waals surface area contributed by atoms with Gasteiger partial charge in [0.1, 0.15) is 0 Å². The third-order valence-corrected chi connectivity index (χ3v) is 3.12. The fraction of sp³-hybridized carbons (Fsp3) is 0.917. The van der Waals surface area contributed by atoms with Crippen LogP contribution in [0.4, 0.5) is 0 Å². The normalized spacial score (nSPS) is 27.4. The van der Waals surface area contributed by atoms with Crippen molar-refractivity contribution < 1.29 is 9.53 Å². The van der Waals surface area contributed by atoms with E-state index in [1.165, 1.54) is 0 Å². The lowest BCUT2D eigenvalue weighted by Crippen LogP contribution is -2.48. The maximum atomic E-state index is 11.6. The highest BCUT2D eigenvalue weighted by molar-refractivity contribution is 5.76. The molecule has 0 saturated carbocycles. The quantitative estimate of drug-likeness (QED) is 0.735. The van der Waals surface area contributed by atoms with Gasteiger partial charge < -0.3 is 15.4 Å². The first kappa shape index (κ1) is 13.5. The molecule has 4 nitrogen and oxygen atoms in total. The molecule has 1 aliphatic heterocycles. The van der Waals surface area contributed by atoms with Gasteiger partial charge >= 0.3 is 0 Å². The van der Waals surface area contributed by atoms with E-state index in [1.807, 2.05) is 6.92 Å². The number of piperidine rings is 1. The second-order valence-corrected chi connectivity index (χ2v) is 4.85. The van der Waals surface area contributed by atoms with Gasteiger partial charge in [0.25, 0.3) is 0 Å². The lowest BCUT2D eigenvalue weighted by atomic mass is 9.97. The highest BCUT2D eigenvalue weighted by atomic mass is 16.5. The monoisotopic (exact) mass is 228 g/mol. The van der Waals surface area contributed by atoms with E-state index < -0.39 is 0 Å². The number of amides is 1. The topological polar surface area (TPSA) is 50.4 Å². The van der Waals surface area contributed by atoms with Gasteiger partial charge in [-0.3, -0.25) is 4.79 Å². The number of carbonyl (C=O) groups is 1. The van der Waals surface area contributed by atoms with Crippen LogP contribution in [0.15, 0.2) is 0 Å². The molecule has 1 saturated heterocycles. The molecule has 1 amide bonds. The molecule has 1 heterocycles. The second-order valence-electron chi connectivity index (χ2n) is 4.85. The molecule has 0 aromatic heterocycles. The maximum Gasteiger partial charge on any atom is 0.220 e. The highest BCUT2D eigenvalue weighted by Gasteiger charge is 2.19. The minimum Gasteiger partial charge on any atom is -0.382 e. The average molecular weight is 228 g/mol. The van der Waals surface area contributed by atoms with E-state index >= 15 is 0 Å². The summed E-state index contributed by atoms with van der Waals surface area (Å²) in [6.45, 7) is 6.15. The zero-order valence-corrected chi connectivity index (χ0v) is 10.6. The standard InChI is InChI=1S/C12H24N2O2/c1-9-6-11(8-13-7-9)14-12(15)5-4-10(2)16-3/h9-11,13H,4-8H2,1-3H3,(H,14,15). The predicted molar refractivity (Wildman–Crippen MR) is 64.3 cm³/mol. The second kappa shape index (κ2) is 6.86. The Morgan fingerprint density at radius 1 is 1.56 bits per heavy atom. The zero-order valence-electron chi connectivity index (χ0n) is 10.6. The van der Waals surface area contributed by atoms with Gasteiger partial charge in [0.15, 0.2) is 0 Å². The summed E-state index contributed by atoms with van der Waals surface area (Å²) >= 11 is 0. The Labute approximate surface area is 98.1 Å². The molecule has 2 N–H and O–H groups in total. The smallest absolute Gasteiger partial charge is 0.220 e. The van der Waals surface area contributed by atoms with Crippen molar-refractivity contribution in [2.75, 3.05) is 20.2 Å². The first-order chi connectivity index (χ1) is 7.61. The molecule has 1 aliphatic rings. The molecule has 1 rings (SSSR count). The number of hydrogen-bond acceptors (Lipinski definition) is 3. The predicted octanol–water partition coefficient (Wildman–Crippen LogP) is 0.916. The van der Waals surface area contributed by atoms with Crippen LogP contribution in [-0.2, 0) is 9.53 Å². The third-order valence-electron chi connectivity index (χ3n) is 3.12. The SMILES string of the molecule is COC(C)CCC(=O)NC1CNCC(C)C1. The van der Waals surface area contributed by atoms with Gasteiger partial charge in [-0.1, -0.05) is 6.92 Å². The summed E-state index contributed by atoms with van der Waals surface area (Å²) in [5.74, 6) is 0.793. The molecule has 3 atom stereocenters. The Kier molecular flexibility index (Phi) is 5.77. The van der Waals surface area contributed by atoms with E-state index in [1.54, 1.807) is 7.11 Å². The summed E-state index contributed by atoms with van der Waals surface area (Å²) in [5, 5.41) is 6.40. The highest BCUT2D eigenvalue weighted by Crippen LogP contribution is 2.09. The Morgan fingerprint density at radius 3 is 2.94 bits per heavy atom. The molecular formula is C12H24N2O2. The van der Waals surface area contributed by atoms with Gasteiger partial charge in [-0.25, -0.2) is 0 Å². The zero-order chi connectivity index (χ0) is 12.0. The van der Waals surface area contributed by atoms with Crippen LogP contribution in [0.5, 0.6) is 0 Å². The number of ether oxygens (including phenoxy) is 1. The van der Waals surface area contributed by atoms with E-state index in [0.29, 0.717) is 18.4 Å². The molecule has 0 spiro atoms. The number of nitrogens with one attached hydrogen (secondary N) is 2. The molecule has 3 unspecified atom stereocenters. The molecule has 94 valence electrons. The molecule has 1 fully saturated rings. The fourth-order valence-corrected chi connectivity index (χ4v) is 2.02. The molecule has 0 radical (unpaired) electrons. The number of carbonyl (C=O) groups excluding carboxylic acids is 1. The summed E-state index contributed by atoms with van der Waals surface area (Å²) in [6, 6.07) is 0.300. The molecular weight excluding hydrogens is 204 g/mol. The van der Waals surface area contributed by atoms with E-state index in [-0.39, 0.29) is 12.0 Å². The van der Waals surface area contributed by atoms with Crippen LogP contribution in [0, 0.1) is 5.92 Å². The molecule has 0 bridgehead atoms. The first-order valence-electron chi connectivity index (χ1n) is 6.14. The largest absolute Gasteiger partial charge is 0.382 e. The van der Waals surface area contributed by atoms with Crippen LogP contribution in [0.2, 0.25) is 0 Å². The van der Waals surface area contributed by atoms with E-state index in [9.17, 15) is 4.79 Å². The van der Waals surface area contributed by atoms with Crippen LogP contribution >= 0.6 is 0 Å². The van der Waals surface area contributed by atoms with Crippen LogP contribution in [0.1, 0.15) is 33.1 Å². The molecule has 0 aromatic carbocycles. The van der Waals surface area contributed by atoms with Gasteiger partial charge in [-0.2, -0.15) is 0 Å². The van der Waals surface area contributed by atoms with Crippen molar-refractivity contribution in [3.63, 3.8) is 0 Å². The lowest BCUT2D eigenvalue weighted by molar-refractivity contribution is -0.122. The summed E-state index contributed by atoms with van der Waals surface area (Å²) in [4.78, 5) is 11.6. The molecule has 0 aromatic rings. The molecule has 16 heavy (non-hydrogen) atoms. The number of rotatable bonds is 5. The van der Waals surface area contributed by atoms with Crippen LogP contribution in [0.3, 0.4) is 0 Å². The number of methoxy groups -OCH3 is 1. The fourth-order valence-electron chi connectivity index (χ4n) is 2.02. The van der Waals surface area contributed by atoms with Crippen molar-refractivity contribution >= 4 is 5.91 Å². The maximum absolute atomic E-state index is 11.6. The van der Waals surface area contributed by atoms with Gasteiger partial charge in [0.05, 0.1) is 6.10 Å². The van der Waals surface area contributed by atoms with Crippen molar-refractivity contribution in [2.45, 2.75) is 45.3 Å². The van der Waals surface area contributed by atoms with E-state index in [2.05, 4.69) is 17.6 Å². The summed E-state index contributed by atoms with van der Waals surface area (Å²) < 4.78 is 5.12. The van der Waals surface area contributed by atoms with Crippen LogP contribution in [0.25, 0.3) is 0 Å². The molecule has 0 aliphatic carbocycles. The van der Waals surface area contributed by atoms with Gasteiger partial charge in [-0.15, -0.1) is 0 Å². The van der Waals surface area contributed by atoms with E-state index in [0.717, 1.165) is 25.9 Å². The first-order valence-corrected chi connectivity index (χ1v) is 6.14. The Bertz CT molecular complexity index is 221. The van der Waals surface area contributed by atoms with Gasteiger partial charge in [-0.05, 0) is 32.2 Å². The van der Waals surface area contributed by atoms with Gasteiger partial charge in [0, 0.05) is 26.1 Å². The minimum atomic E-state index is 0.143. The Balaban J connectivity index is 2.18. The minimum absolute atomic E-state index is 0.143. The summed E-state index contributed by atoms with van der Waals surface area (Å²) in [7, 11) is 1.68. The van der Waals surface area contributed by atoms with Crippen LogP contribution in [-0.4, -0.2) is 38.3 Å². The lowest BCUT2D eigenvalue weighted by Gasteiger charge is -2.28. The summed E-state index contributed by atoms with van der Waals surface area (Å²) in [6.07, 6.45) is 2.59. The van der Waals surface area contributed by atoms with Gasteiger partial charge in [0.2, 0.25) is 5.91 Å². The van der Waals surface area contributed by atoms with Crippen molar-refractivity contribution in [1.29, 1.82) is 0 Å². The Hall–Kier alpha value is -0.610. The van der Waals surface area contributed by atoms with Crippen molar-refractivity contribution in [1.82, 2.24) is 10.6 Å². The van der Waals surface area contributed by atoms with Crippen molar-refractivity contribution in [3.8, 4) is 0 Å². The third kappa shape index (κ3) is 4.94.